The van der Waals surface area contributed by atoms with E-state index >= 15 is 0 Å². The van der Waals surface area contributed by atoms with Crippen molar-refractivity contribution < 1.29 is 0 Å². The molecule has 0 bridgehead atoms. The fourth-order valence-corrected chi connectivity index (χ4v) is 7.24. The minimum atomic E-state index is 0.308. The number of allylic oxidation sites excluding steroid dienone is 4. The van der Waals surface area contributed by atoms with Gasteiger partial charge in [0.15, 0.2) is 5.65 Å². The van der Waals surface area contributed by atoms with Gasteiger partial charge in [-0.1, -0.05) is 79.7 Å². The van der Waals surface area contributed by atoms with Crippen LogP contribution in [0.4, 0.5) is 11.4 Å². The van der Waals surface area contributed by atoms with Crippen LogP contribution in [0.15, 0.2) is 146 Å². The summed E-state index contributed by atoms with van der Waals surface area (Å²) in [6.07, 6.45) is 10.6. The van der Waals surface area contributed by atoms with Gasteiger partial charge < -0.3 is 9.47 Å². The number of nitrogens with zero attached hydrogens (tertiary/aromatic N) is 4. The molecule has 0 radical (unpaired) electrons. The molecule has 4 aromatic carbocycles. The Balaban J connectivity index is 1.30. The monoisotopic (exact) mass is 552 g/mol. The summed E-state index contributed by atoms with van der Waals surface area (Å²) in [5.74, 6) is 0.713. The molecule has 9 rings (SSSR count). The summed E-state index contributed by atoms with van der Waals surface area (Å²) in [5, 5.41) is 3.50. The van der Waals surface area contributed by atoms with Crippen molar-refractivity contribution in [1.82, 2.24) is 14.5 Å². The zero-order valence-electron chi connectivity index (χ0n) is 23.7. The van der Waals surface area contributed by atoms with E-state index in [-0.39, 0.29) is 0 Å². The maximum atomic E-state index is 4.74. The highest BCUT2D eigenvalue weighted by Gasteiger charge is 2.38. The number of pyridine rings is 2. The van der Waals surface area contributed by atoms with Crippen molar-refractivity contribution in [2.75, 3.05) is 4.90 Å². The molecule has 4 nitrogen and oxygen atoms in total. The van der Waals surface area contributed by atoms with Gasteiger partial charge in [0.1, 0.15) is 0 Å². The lowest BCUT2D eigenvalue weighted by atomic mass is 9.83. The van der Waals surface area contributed by atoms with Crippen molar-refractivity contribution in [1.29, 1.82) is 0 Å². The number of benzene rings is 4. The van der Waals surface area contributed by atoms with Gasteiger partial charge >= 0.3 is 0 Å². The maximum absolute atomic E-state index is 4.74. The summed E-state index contributed by atoms with van der Waals surface area (Å²) in [5.41, 5.74) is 11.8. The minimum absolute atomic E-state index is 0.308. The average molecular weight is 553 g/mol. The summed E-state index contributed by atoms with van der Waals surface area (Å²) >= 11 is 0. The molecule has 0 spiro atoms. The van der Waals surface area contributed by atoms with Gasteiger partial charge in [0, 0.05) is 50.9 Å². The second kappa shape index (κ2) is 9.27. The van der Waals surface area contributed by atoms with Crippen molar-refractivity contribution in [2.45, 2.75) is 12.8 Å². The second-order valence-electron chi connectivity index (χ2n) is 11.6. The van der Waals surface area contributed by atoms with Crippen LogP contribution in [0.2, 0.25) is 0 Å². The largest absolute Gasteiger partial charge is 0.313 e. The Morgan fingerprint density at radius 2 is 1.58 bits per heavy atom. The number of hydrogen-bond acceptors (Lipinski definition) is 3. The molecule has 0 saturated heterocycles. The van der Waals surface area contributed by atoms with E-state index in [1.807, 2.05) is 12.3 Å². The smallest absolute Gasteiger partial charge is 0.159 e. The van der Waals surface area contributed by atoms with Gasteiger partial charge in [0.2, 0.25) is 0 Å². The van der Waals surface area contributed by atoms with Crippen LogP contribution in [-0.2, 0) is 0 Å². The fraction of sp³-hybridized carbons (Fsp3) is 0.0769. The highest BCUT2D eigenvalue weighted by atomic mass is 15.2. The molecule has 1 aliphatic carbocycles. The Kier molecular flexibility index (Phi) is 5.20. The van der Waals surface area contributed by atoms with Crippen LogP contribution in [0.5, 0.6) is 0 Å². The third-order valence-corrected chi connectivity index (χ3v) is 9.11. The first-order valence-electron chi connectivity index (χ1n) is 14.9. The molecule has 204 valence electrons. The van der Waals surface area contributed by atoms with Crippen molar-refractivity contribution in [3.8, 4) is 16.8 Å². The molecule has 43 heavy (non-hydrogen) atoms. The van der Waals surface area contributed by atoms with Gasteiger partial charge in [-0.25, -0.2) is 9.97 Å². The van der Waals surface area contributed by atoms with E-state index < -0.39 is 0 Å². The van der Waals surface area contributed by atoms with E-state index in [4.69, 9.17) is 4.98 Å². The van der Waals surface area contributed by atoms with E-state index in [9.17, 15) is 0 Å². The first-order valence-corrected chi connectivity index (χ1v) is 14.9. The van der Waals surface area contributed by atoms with Crippen molar-refractivity contribution in [3.63, 3.8) is 0 Å². The molecule has 7 aromatic rings. The maximum Gasteiger partial charge on any atom is 0.159 e. The number of anilines is 2. The first kappa shape index (κ1) is 24.2. The normalized spacial score (nSPS) is 17.4. The van der Waals surface area contributed by atoms with Crippen molar-refractivity contribution in [2.24, 2.45) is 5.92 Å². The van der Waals surface area contributed by atoms with Gasteiger partial charge in [0.05, 0.1) is 22.9 Å². The van der Waals surface area contributed by atoms with E-state index in [2.05, 4.69) is 143 Å². The molecule has 0 fully saturated rings. The molecule has 4 heterocycles. The summed E-state index contributed by atoms with van der Waals surface area (Å²) in [6, 6.07) is 39.4. The van der Waals surface area contributed by atoms with Crippen molar-refractivity contribution >= 4 is 44.2 Å². The van der Waals surface area contributed by atoms with E-state index in [0.717, 1.165) is 16.7 Å². The molecule has 0 N–H and O–H groups in total. The van der Waals surface area contributed by atoms with Crippen LogP contribution in [0, 0.1) is 5.92 Å². The molecule has 4 heteroatoms. The van der Waals surface area contributed by atoms with Crippen LogP contribution >= 0.6 is 0 Å². The van der Waals surface area contributed by atoms with E-state index in [1.165, 1.54) is 55.6 Å². The summed E-state index contributed by atoms with van der Waals surface area (Å²) in [4.78, 5) is 11.6. The lowest BCUT2D eigenvalue weighted by molar-refractivity contribution is 0.618. The molecule has 2 aliphatic rings. The minimum Gasteiger partial charge on any atom is -0.313 e. The Morgan fingerprint density at radius 3 is 2.51 bits per heavy atom. The van der Waals surface area contributed by atoms with Gasteiger partial charge in [-0.05, 0) is 71.7 Å². The average Bonchev–Trinajstić information content (AvgIpc) is 3.58. The lowest BCUT2D eigenvalue weighted by Crippen LogP contribution is -2.18. The molecule has 0 saturated carbocycles. The number of para-hydroxylation sites is 3. The number of hydrogen-bond donors (Lipinski definition) is 0. The first-order chi connectivity index (χ1) is 21.3. The van der Waals surface area contributed by atoms with Gasteiger partial charge in [-0.15, -0.1) is 0 Å². The molecule has 2 unspecified atom stereocenters. The number of rotatable bonds is 3. The van der Waals surface area contributed by atoms with Crippen molar-refractivity contribution in [3.05, 3.63) is 151 Å². The third-order valence-electron chi connectivity index (χ3n) is 9.11. The Bertz CT molecular complexity index is 2270. The quantitative estimate of drug-likeness (QED) is 0.219. The molecule has 1 aliphatic heterocycles. The second-order valence-corrected chi connectivity index (χ2v) is 11.6. The van der Waals surface area contributed by atoms with Crippen LogP contribution in [0.1, 0.15) is 18.4 Å². The summed E-state index contributed by atoms with van der Waals surface area (Å²) in [7, 11) is 0. The van der Waals surface area contributed by atoms with Gasteiger partial charge in [0.25, 0.3) is 0 Å². The molecule has 0 amide bonds. The highest BCUT2D eigenvalue weighted by molar-refractivity contribution is 6.14. The van der Waals surface area contributed by atoms with Crippen LogP contribution in [-0.4, -0.2) is 14.5 Å². The number of fused-ring (bicyclic) bond motifs is 7. The van der Waals surface area contributed by atoms with E-state index in [0.29, 0.717) is 11.8 Å². The van der Waals surface area contributed by atoms with Gasteiger partial charge in [-0.3, -0.25) is 0 Å². The SMILES string of the molecule is CC1C=CC=C2C1c1cc(-c3cccc4c5ccccc5n(-c5cnc6ncccc6c5)c34)ccc1N2c1ccccc1. The standard InChI is InChI=1S/C39H28N4/c1-25-10-7-18-36-37(25)33-23-26(19-20-35(33)42(36)28-12-3-2-4-13-28)30-15-8-16-32-31-14-5-6-17-34(31)43(38(30)32)29-22-27-11-9-21-40-39(27)41-24-29/h2-25,37H,1H3. The zero-order chi connectivity index (χ0) is 28.5. The lowest BCUT2D eigenvalue weighted by Gasteiger charge is -2.27. The molecule has 2 atom stereocenters. The Morgan fingerprint density at radius 1 is 0.721 bits per heavy atom. The molecular weight excluding hydrogens is 524 g/mol. The summed E-state index contributed by atoms with van der Waals surface area (Å²) in [6.45, 7) is 2.33. The fourth-order valence-electron chi connectivity index (χ4n) is 7.24. The topological polar surface area (TPSA) is 34.0 Å². The predicted octanol–water partition coefficient (Wildman–Crippen LogP) is 9.72. The Labute approximate surface area is 249 Å². The summed E-state index contributed by atoms with van der Waals surface area (Å²) < 4.78 is 2.38. The molecular formula is C39H28N4. The van der Waals surface area contributed by atoms with Crippen LogP contribution < -0.4 is 4.90 Å². The Hall–Kier alpha value is -5.48. The molecule has 3 aromatic heterocycles. The third kappa shape index (κ3) is 3.56. The highest BCUT2D eigenvalue weighted by Crippen LogP contribution is 2.53. The predicted molar refractivity (Wildman–Crippen MR) is 177 cm³/mol. The van der Waals surface area contributed by atoms with Crippen LogP contribution in [0.25, 0.3) is 49.7 Å². The zero-order valence-corrected chi connectivity index (χ0v) is 23.7. The van der Waals surface area contributed by atoms with Crippen LogP contribution in [0.3, 0.4) is 0 Å². The van der Waals surface area contributed by atoms with E-state index in [1.54, 1.807) is 6.20 Å². The number of aromatic nitrogens is 3. The van der Waals surface area contributed by atoms with Gasteiger partial charge in [-0.2, -0.15) is 0 Å².